The van der Waals surface area contributed by atoms with Gasteiger partial charge in [-0.2, -0.15) is 0 Å². The fraction of sp³-hybridized carbons (Fsp3) is 0.0870. The predicted octanol–water partition coefficient (Wildman–Crippen LogP) is 5.29. The molecule has 0 unspecified atom stereocenters. The topological polar surface area (TPSA) is 72.8 Å². The van der Waals surface area contributed by atoms with Crippen LogP contribution in [0.3, 0.4) is 0 Å². The molecule has 0 radical (unpaired) electrons. The minimum atomic E-state index is -0.324. The Labute approximate surface area is 159 Å². The van der Waals surface area contributed by atoms with Crippen LogP contribution >= 0.6 is 0 Å². The van der Waals surface area contributed by atoms with Crippen LogP contribution in [-0.2, 0) is 6.61 Å². The molecule has 28 heavy (non-hydrogen) atoms. The minimum absolute atomic E-state index is 0.0908. The first-order valence-electron chi connectivity index (χ1n) is 8.89. The number of benzene rings is 3. The highest BCUT2D eigenvalue weighted by Crippen LogP contribution is 2.41. The van der Waals surface area contributed by atoms with Crippen molar-refractivity contribution in [2.24, 2.45) is 0 Å². The number of hydrogen-bond donors (Lipinski definition) is 1. The van der Waals surface area contributed by atoms with E-state index in [2.05, 4.69) is 12.1 Å². The number of furan rings is 1. The van der Waals surface area contributed by atoms with Gasteiger partial charge in [-0.05, 0) is 35.4 Å². The standard InChI is InChI=1S/C23H16O5/c1-13-10-18(24)19-20(25)17-8-9-26-21(17)23(22(19)28-13)27-12-14-6-7-15-4-2-3-5-16(15)11-14/h2-11,25H,12H2,1H3. The second kappa shape index (κ2) is 6.16. The number of phenols is 1. The largest absolute Gasteiger partial charge is 0.506 e. The van der Waals surface area contributed by atoms with Crippen LogP contribution in [0.5, 0.6) is 11.5 Å². The van der Waals surface area contributed by atoms with Crippen LogP contribution < -0.4 is 10.2 Å². The molecule has 138 valence electrons. The fourth-order valence-corrected chi connectivity index (χ4v) is 3.52. The Morgan fingerprint density at radius 2 is 1.82 bits per heavy atom. The van der Waals surface area contributed by atoms with Crippen LogP contribution in [0.1, 0.15) is 11.3 Å². The van der Waals surface area contributed by atoms with Gasteiger partial charge in [0.2, 0.25) is 5.75 Å². The van der Waals surface area contributed by atoms with Crippen LogP contribution in [0.2, 0.25) is 0 Å². The maximum atomic E-state index is 12.5. The van der Waals surface area contributed by atoms with Crippen molar-refractivity contribution >= 4 is 32.7 Å². The highest BCUT2D eigenvalue weighted by Gasteiger charge is 2.22. The van der Waals surface area contributed by atoms with E-state index in [4.69, 9.17) is 13.6 Å². The maximum Gasteiger partial charge on any atom is 0.206 e. The second-order valence-electron chi connectivity index (χ2n) is 6.74. The SMILES string of the molecule is Cc1cc(=O)c2c(O)c3ccoc3c(OCc3ccc4ccccc4c3)c2o1. The van der Waals surface area contributed by atoms with Crippen LogP contribution in [-0.4, -0.2) is 5.11 Å². The first-order valence-corrected chi connectivity index (χ1v) is 8.89. The summed E-state index contributed by atoms with van der Waals surface area (Å²) in [6.07, 6.45) is 1.45. The first-order chi connectivity index (χ1) is 13.6. The quantitative estimate of drug-likeness (QED) is 0.466. The summed E-state index contributed by atoms with van der Waals surface area (Å²) in [6, 6.07) is 17.1. The van der Waals surface area contributed by atoms with Gasteiger partial charge >= 0.3 is 0 Å². The van der Waals surface area contributed by atoms with Gasteiger partial charge in [-0.3, -0.25) is 4.79 Å². The number of aromatic hydroxyl groups is 1. The molecular weight excluding hydrogens is 356 g/mol. The lowest BCUT2D eigenvalue weighted by Crippen LogP contribution is -2.03. The Balaban J connectivity index is 1.65. The molecule has 5 heteroatoms. The third kappa shape index (κ3) is 2.52. The van der Waals surface area contributed by atoms with E-state index >= 15 is 0 Å². The van der Waals surface area contributed by atoms with Crippen molar-refractivity contribution in [2.45, 2.75) is 13.5 Å². The van der Waals surface area contributed by atoms with E-state index in [0.717, 1.165) is 16.3 Å². The zero-order valence-corrected chi connectivity index (χ0v) is 15.1. The summed E-state index contributed by atoms with van der Waals surface area (Å²) in [4.78, 5) is 12.5. The van der Waals surface area contributed by atoms with Gasteiger partial charge in [0.25, 0.3) is 0 Å². The summed E-state index contributed by atoms with van der Waals surface area (Å²) in [5.74, 6) is 0.575. The molecular formula is C23H16O5. The van der Waals surface area contributed by atoms with Crippen molar-refractivity contribution in [3.05, 3.63) is 82.4 Å². The predicted molar refractivity (Wildman–Crippen MR) is 107 cm³/mol. The highest BCUT2D eigenvalue weighted by atomic mass is 16.5. The fourth-order valence-electron chi connectivity index (χ4n) is 3.52. The summed E-state index contributed by atoms with van der Waals surface area (Å²) >= 11 is 0. The molecule has 0 amide bonds. The van der Waals surface area contributed by atoms with Crippen LogP contribution in [0, 0.1) is 6.92 Å². The molecule has 0 saturated heterocycles. The van der Waals surface area contributed by atoms with Crippen LogP contribution in [0.4, 0.5) is 0 Å². The molecule has 0 atom stereocenters. The summed E-state index contributed by atoms with van der Waals surface area (Å²) in [6.45, 7) is 1.94. The summed E-state index contributed by atoms with van der Waals surface area (Å²) in [5, 5.41) is 13.3. The number of hydrogen-bond acceptors (Lipinski definition) is 5. The lowest BCUT2D eigenvalue weighted by atomic mass is 10.1. The lowest BCUT2D eigenvalue weighted by Gasteiger charge is -2.11. The number of ether oxygens (including phenoxy) is 1. The monoisotopic (exact) mass is 372 g/mol. The third-order valence-corrected chi connectivity index (χ3v) is 4.84. The van der Waals surface area contributed by atoms with E-state index in [9.17, 15) is 9.90 Å². The first kappa shape index (κ1) is 16.4. The minimum Gasteiger partial charge on any atom is -0.506 e. The molecule has 3 aromatic carbocycles. The van der Waals surface area contributed by atoms with E-state index in [1.54, 1.807) is 13.0 Å². The van der Waals surface area contributed by atoms with Crippen molar-refractivity contribution in [1.29, 1.82) is 0 Å². The summed E-state index contributed by atoms with van der Waals surface area (Å²) < 4.78 is 17.3. The molecule has 0 saturated carbocycles. The summed E-state index contributed by atoms with van der Waals surface area (Å²) in [7, 11) is 0. The van der Waals surface area contributed by atoms with Gasteiger partial charge in [-0.1, -0.05) is 36.4 Å². The summed E-state index contributed by atoms with van der Waals surface area (Å²) in [5.41, 5.74) is 1.18. The third-order valence-electron chi connectivity index (χ3n) is 4.84. The van der Waals surface area contributed by atoms with Crippen molar-refractivity contribution < 1.29 is 18.7 Å². The van der Waals surface area contributed by atoms with Crippen LogP contribution in [0.25, 0.3) is 32.7 Å². The maximum absolute atomic E-state index is 12.5. The van der Waals surface area contributed by atoms with Gasteiger partial charge in [0.1, 0.15) is 23.5 Å². The molecule has 0 aliphatic carbocycles. The normalized spacial score (nSPS) is 11.5. The van der Waals surface area contributed by atoms with Gasteiger partial charge < -0.3 is 18.7 Å². The smallest absolute Gasteiger partial charge is 0.206 e. The average Bonchev–Trinajstić information content (AvgIpc) is 3.17. The highest BCUT2D eigenvalue weighted by molar-refractivity contribution is 6.06. The van der Waals surface area contributed by atoms with Gasteiger partial charge in [0.15, 0.2) is 16.6 Å². The molecule has 0 aliphatic heterocycles. The molecule has 0 aliphatic rings. The van der Waals surface area contributed by atoms with Crippen molar-refractivity contribution in [2.75, 3.05) is 0 Å². The molecule has 2 heterocycles. The van der Waals surface area contributed by atoms with E-state index in [1.807, 2.05) is 30.3 Å². The van der Waals surface area contributed by atoms with Gasteiger partial charge in [0, 0.05) is 6.07 Å². The molecule has 0 fully saturated rings. The van der Waals surface area contributed by atoms with Crippen molar-refractivity contribution in [3.63, 3.8) is 0 Å². The number of aryl methyl sites for hydroxylation is 1. The molecule has 2 aromatic heterocycles. The van der Waals surface area contributed by atoms with E-state index in [1.165, 1.54) is 12.3 Å². The van der Waals surface area contributed by atoms with Gasteiger partial charge in [-0.15, -0.1) is 0 Å². The lowest BCUT2D eigenvalue weighted by molar-refractivity contribution is 0.303. The Hall–Kier alpha value is -3.73. The van der Waals surface area contributed by atoms with Crippen molar-refractivity contribution in [3.8, 4) is 11.5 Å². The average molecular weight is 372 g/mol. The van der Waals surface area contributed by atoms with Crippen molar-refractivity contribution in [1.82, 2.24) is 0 Å². The Morgan fingerprint density at radius 3 is 2.68 bits per heavy atom. The zero-order chi connectivity index (χ0) is 19.3. The molecule has 5 rings (SSSR count). The van der Waals surface area contributed by atoms with Gasteiger partial charge in [-0.25, -0.2) is 0 Å². The second-order valence-corrected chi connectivity index (χ2v) is 6.74. The van der Waals surface area contributed by atoms with E-state index in [-0.39, 0.29) is 28.8 Å². The zero-order valence-electron chi connectivity index (χ0n) is 15.1. The van der Waals surface area contributed by atoms with E-state index in [0.29, 0.717) is 22.5 Å². The number of fused-ring (bicyclic) bond motifs is 3. The number of phenolic OH excluding ortho intramolecular Hbond substituents is 1. The Morgan fingerprint density at radius 1 is 1.00 bits per heavy atom. The van der Waals surface area contributed by atoms with Gasteiger partial charge in [0.05, 0.1) is 11.6 Å². The Bertz CT molecular complexity index is 1410. The molecule has 0 spiro atoms. The number of rotatable bonds is 3. The molecule has 5 nitrogen and oxygen atoms in total. The van der Waals surface area contributed by atoms with Crippen LogP contribution in [0.15, 0.2) is 74.5 Å². The van der Waals surface area contributed by atoms with E-state index < -0.39 is 0 Å². The molecule has 1 N–H and O–H groups in total. The molecule has 0 bridgehead atoms. The molecule has 5 aromatic rings. The Kier molecular flexibility index (Phi) is 3.62.